The topological polar surface area (TPSA) is 74.6 Å². The van der Waals surface area contributed by atoms with E-state index in [0.717, 1.165) is 6.42 Å². The molecule has 4 nitrogen and oxygen atoms in total. The number of hydrogen-bond donors (Lipinski definition) is 2. The largest absolute Gasteiger partial charge is 0.393 e. The van der Waals surface area contributed by atoms with E-state index in [1.165, 1.54) is 6.08 Å². The number of alkyl halides is 1. The smallest absolute Gasteiger partial charge is 0.162 e. The summed E-state index contributed by atoms with van der Waals surface area (Å²) in [4.78, 5) is 24.4. The van der Waals surface area contributed by atoms with E-state index in [1.54, 1.807) is 0 Å². The van der Waals surface area contributed by atoms with E-state index in [2.05, 4.69) is 6.92 Å². The van der Waals surface area contributed by atoms with Crippen LogP contribution in [0.2, 0.25) is 0 Å². The van der Waals surface area contributed by atoms with Crippen molar-refractivity contribution in [3.63, 3.8) is 0 Å². The molecular formula is C22H31FO4. The maximum atomic E-state index is 15.2. The summed E-state index contributed by atoms with van der Waals surface area (Å²) in [5.41, 5.74) is -0.368. The minimum absolute atomic E-state index is 0.00728. The fourth-order valence-electron chi connectivity index (χ4n) is 7.65. The molecule has 0 unspecified atom stereocenters. The molecule has 27 heavy (non-hydrogen) atoms. The summed E-state index contributed by atoms with van der Waals surface area (Å²) >= 11 is 0. The quantitative estimate of drug-likeness (QED) is 0.775. The predicted octanol–water partition coefficient (Wildman–Crippen LogP) is 2.86. The first-order valence-electron chi connectivity index (χ1n) is 10.3. The normalized spacial score (nSPS) is 51.9. The van der Waals surface area contributed by atoms with Crippen molar-refractivity contribution in [2.24, 2.45) is 40.4 Å². The van der Waals surface area contributed by atoms with Gasteiger partial charge in [-0.05, 0) is 66.4 Å². The first kappa shape index (κ1) is 19.3. The second-order valence-electron chi connectivity index (χ2n) is 10.00. The van der Waals surface area contributed by atoms with Crippen molar-refractivity contribution in [3.05, 3.63) is 11.6 Å². The van der Waals surface area contributed by atoms with Gasteiger partial charge in [-0.2, -0.15) is 0 Å². The van der Waals surface area contributed by atoms with Gasteiger partial charge in [0.1, 0.15) is 12.8 Å². The first-order chi connectivity index (χ1) is 12.6. The second kappa shape index (κ2) is 6.21. The van der Waals surface area contributed by atoms with Crippen molar-refractivity contribution in [1.29, 1.82) is 0 Å². The number of carbonyl (C=O) groups is 2. The summed E-state index contributed by atoms with van der Waals surface area (Å²) in [6.45, 7) is 5.56. The maximum absolute atomic E-state index is 15.2. The zero-order valence-corrected chi connectivity index (χ0v) is 16.5. The van der Waals surface area contributed by atoms with Gasteiger partial charge in [-0.25, -0.2) is 4.39 Å². The van der Waals surface area contributed by atoms with Gasteiger partial charge >= 0.3 is 0 Å². The van der Waals surface area contributed by atoms with E-state index in [4.69, 9.17) is 0 Å². The minimum Gasteiger partial charge on any atom is -0.393 e. The summed E-state index contributed by atoms with van der Waals surface area (Å²) in [6.07, 6.45) is 2.53. The van der Waals surface area contributed by atoms with Gasteiger partial charge < -0.3 is 10.2 Å². The lowest BCUT2D eigenvalue weighted by Crippen LogP contribution is -2.59. The van der Waals surface area contributed by atoms with Crippen LogP contribution in [0.3, 0.4) is 0 Å². The van der Waals surface area contributed by atoms with Crippen LogP contribution in [-0.4, -0.2) is 40.7 Å². The fourth-order valence-corrected chi connectivity index (χ4v) is 7.65. The SMILES string of the molecule is C[C@@H]1C[C@H]2[C@@H]3C[C@H](F)C4=CC(=O)CC[C@]4(C)[C@H]3C[C@H](O)[C@]2(C)[C@H]1C(=O)CO. The number of aliphatic hydroxyl groups excluding tert-OH is 2. The summed E-state index contributed by atoms with van der Waals surface area (Å²) in [6, 6.07) is 0. The molecule has 0 amide bonds. The molecule has 5 heteroatoms. The van der Waals surface area contributed by atoms with Gasteiger partial charge in [-0.1, -0.05) is 20.8 Å². The highest BCUT2D eigenvalue weighted by Gasteiger charge is 2.66. The average molecular weight is 378 g/mol. The van der Waals surface area contributed by atoms with Gasteiger partial charge in [-0.15, -0.1) is 0 Å². The standard InChI is InChI=1S/C22H31FO4/c1-11-6-15-13-8-17(23)16-7-12(25)4-5-21(16,2)14(13)9-19(27)22(15,3)20(11)18(26)10-24/h7,11,13-15,17,19-20,24,27H,4-6,8-10H2,1-3H3/t11-,13-,14+,15+,17+,19+,20-,21-,22-/m1/s1. The van der Waals surface area contributed by atoms with Crippen LogP contribution in [0.15, 0.2) is 11.6 Å². The zero-order valence-electron chi connectivity index (χ0n) is 16.5. The Bertz CT molecular complexity index is 702. The number of fused-ring (bicyclic) bond motifs is 5. The Labute approximate surface area is 160 Å². The van der Waals surface area contributed by atoms with Crippen LogP contribution in [0.1, 0.15) is 52.9 Å². The number of Topliss-reactive ketones (excluding diaryl/α,β-unsaturated/α-hetero) is 1. The lowest BCUT2D eigenvalue weighted by Gasteiger charge is -2.60. The van der Waals surface area contributed by atoms with Gasteiger partial charge in [0, 0.05) is 17.8 Å². The van der Waals surface area contributed by atoms with Crippen LogP contribution in [0, 0.1) is 40.4 Å². The number of ketones is 2. The molecule has 0 bridgehead atoms. The van der Waals surface area contributed by atoms with Crippen LogP contribution < -0.4 is 0 Å². The molecule has 0 aliphatic heterocycles. The molecule has 0 aromatic carbocycles. The highest BCUT2D eigenvalue weighted by molar-refractivity contribution is 5.92. The number of aliphatic hydroxyl groups is 2. The van der Waals surface area contributed by atoms with Crippen molar-refractivity contribution in [2.75, 3.05) is 6.61 Å². The van der Waals surface area contributed by atoms with Crippen LogP contribution >= 0.6 is 0 Å². The Hall–Kier alpha value is -1.07. The van der Waals surface area contributed by atoms with Gasteiger partial charge in [-0.3, -0.25) is 9.59 Å². The van der Waals surface area contributed by atoms with Crippen molar-refractivity contribution in [3.8, 4) is 0 Å². The van der Waals surface area contributed by atoms with E-state index < -0.39 is 24.3 Å². The minimum atomic E-state index is -1.12. The molecule has 0 saturated heterocycles. The highest BCUT2D eigenvalue weighted by atomic mass is 19.1. The number of rotatable bonds is 2. The predicted molar refractivity (Wildman–Crippen MR) is 98.5 cm³/mol. The molecule has 3 saturated carbocycles. The van der Waals surface area contributed by atoms with E-state index >= 15 is 4.39 Å². The van der Waals surface area contributed by atoms with Crippen LogP contribution in [-0.2, 0) is 9.59 Å². The molecule has 0 heterocycles. The molecule has 0 radical (unpaired) electrons. The Morgan fingerprint density at radius 2 is 1.96 bits per heavy atom. The van der Waals surface area contributed by atoms with Crippen molar-refractivity contribution in [2.45, 2.75) is 65.2 Å². The third-order valence-electron chi connectivity index (χ3n) is 8.90. The molecule has 4 aliphatic rings. The Morgan fingerprint density at radius 3 is 2.63 bits per heavy atom. The van der Waals surface area contributed by atoms with Crippen molar-refractivity contribution < 1.29 is 24.2 Å². The van der Waals surface area contributed by atoms with E-state index in [1.807, 2.05) is 13.8 Å². The maximum Gasteiger partial charge on any atom is 0.162 e. The molecule has 0 aromatic rings. The Kier molecular flexibility index (Phi) is 4.43. The van der Waals surface area contributed by atoms with E-state index in [0.29, 0.717) is 31.3 Å². The average Bonchev–Trinajstić information content (AvgIpc) is 2.90. The molecule has 4 aliphatic carbocycles. The molecule has 4 rings (SSSR count). The number of allylic oxidation sites excluding steroid dienone is 1. The summed E-state index contributed by atoms with van der Waals surface area (Å²) in [7, 11) is 0. The number of hydrogen-bond acceptors (Lipinski definition) is 4. The molecule has 0 aromatic heterocycles. The van der Waals surface area contributed by atoms with E-state index in [9.17, 15) is 19.8 Å². The van der Waals surface area contributed by atoms with Gasteiger partial charge in [0.25, 0.3) is 0 Å². The summed E-state index contributed by atoms with van der Waals surface area (Å²) < 4.78 is 15.2. The number of carbonyl (C=O) groups excluding carboxylic acids is 2. The first-order valence-corrected chi connectivity index (χ1v) is 10.3. The van der Waals surface area contributed by atoms with Crippen molar-refractivity contribution >= 4 is 11.6 Å². The molecule has 3 fully saturated rings. The fraction of sp³-hybridized carbons (Fsp3) is 0.818. The summed E-state index contributed by atoms with van der Waals surface area (Å²) in [5.74, 6) is -0.200. The molecule has 2 N–H and O–H groups in total. The highest BCUT2D eigenvalue weighted by Crippen LogP contribution is 2.67. The van der Waals surface area contributed by atoms with Gasteiger partial charge in [0.15, 0.2) is 11.6 Å². The molecule has 9 atom stereocenters. The Balaban J connectivity index is 1.76. The van der Waals surface area contributed by atoms with Gasteiger partial charge in [0.05, 0.1) is 6.10 Å². The third-order valence-corrected chi connectivity index (χ3v) is 8.90. The Morgan fingerprint density at radius 1 is 1.26 bits per heavy atom. The van der Waals surface area contributed by atoms with E-state index in [-0.39, 0.29) is 46.6 Å². The third kappa shape index (κ3) is 2.46. The van der Waals surface area contributed by atoms with Crippen molar-refractivity contribution in [1.82, 2.24) is 0 Å². The second-order valence-corrected chi connectivity index (χ2v) is 10.00. The zero-order chi connectivity index (χ0) is 19.7. The lowest BCUT2D eigenvalue weighted by molar-refractivity contribution is -0.156. The summed E-state index contributed by atoms with van der Waals surface area (Å²) in [5, 5.41) is 20.7. The molecular weight excluding hydrogens is 347 g/mol. The van der Waals surface area contributed by atoms with Crippen LogP contribution in [0.5, 0.6) is 0 Å². The van der Waals surface area contributed by atoms with Gasteiger partial charge in [0.2, 0.25) is 0 Å². The number of halogens is 1. The monoisotopic (exact) mass is 378 g/mol. The molecule has 0 spiro atoms. The molecule has 150 valence electrons. The lowest BCUT2D eigenvalue weighted by atomic mass is 9.45. The van der Waals surface area contributed by atoms with Crippen LogP contribution in [0.25, 0.3) is 0 Å². The van der Waals surface area contributed by atoms with Crippen LogP contribution in [0.4, 0.5) is 4.39 Å².